The van der Waals surface area contributed by atoms with E-state index in [-0.39, 0.29) is 23.5 Å². The molecule has 0 amide bonds. The van der Waals surface area contributed by atoms with Crippen molar-refractivity contribution in [2.75, 3.05) is 6.61 Å². The van der Waals surface area contributed by atoms with Crippen molar-refractivity contribution in [3.8, 4) is 0 Å². The number of nitrogens with one attached hydrogen (secondary N) is 1. The van der Waals surface area contributed by atoms with Gasteiger partial charge in [-0.1, -0.05) is 0 Å². The third-order valence-electron chi connectivity index (χ3n) is 2.81. The monoisotopic (exact) mass is 221 g/mol. The number of aliphatic hydroxyl groups is 1. The fourth-order valence-electron chi connectivity index (χ4n) is 2.92. The van der Waals surface area contributed by atoms with Gasteiger partial charge in [0.2, 0.25) is 0 Å². The Kier molecular flexibility index (Phi) is 4.89. The van der Waals surface area contributed by atoms with Crippen LogP contribution < -0.4 is 5.32 Å². The second kappa shape index (κ2) is 4.82. The van der Waals surface area contributed by atoms with Crippen molar-refractivity contribution in [3.05, 3.63) is 0 Å². The van der Waals surface area contributed by atoms with E-state index in [1.807, 2.05) is 0 Å². The van der Waals surface area contributed by atoms with E-state index in [4.69, 9.17) is 5.11 Å². The lowest BCUT2D eigenvalue weighted by Gasteiger charge is -2.46. The maximum Gasteiger partial charge on any atom is 0.0433 e. The van der Waals surface area contributed by atoms with Gasteiger partial charge in [0.1, 0.15) is 0 Å². The van der Waals surface area contributed by atoms with Gasteiger partial charge in [0.25, 0.3) is 0 Å². The molecule has 1 heterocycles. The smallest absolute Gasteiger partial charge is 0.0433 e. The molecule has 0 aromatic rings. The summed E-state index contributed by atoms with van der Waals surface area (Å²) in [5, 5.41) is 12.6. The predicted octanol–water partition coefficient (Wildman–Crippen LogP) is 2.35. The van der Waals surface area contributed by atoms with Crippen LogP contribution in [0.4, 0.5) is 0 Å². The SMILES string of the molecule is CC1(C)CC(CCO)CC(C)(C)N1.Cl. The first-order valence-corrected chi connectivity index (χ1v) is 5.25. The van der Waals surface area contributed by atoms with Crippen LogP contribution in [0.1, 0.15) is 47.0 Å². The second-order valence-corrected chi connectivity index (χ2v) is 5.68. The molecule has 1 saturated heterocycles. The quantitative estimate of drug-likeness (QED) is 0.751. The van der Waals surface area contributed by atoms with Crippen molar-refractivity contribution >= 4 is 12.4 Å². The third kappa shape index (κ3) is 4.16. The van der Waals surface area contributed by atoms with Gasteiger partial charge in [0.05, 0.1) is 0 Å². The van der Waals surface area contributed by atoms with Crippen LogP contribution >= 0.6 is 12.4 Å². The fourth-order valence-corrected chi connectivity index (χ4v) is 2.92. The van der Waals surface area contributed by atoms with Gasteiger partial charge in [-0.05, 0) is 52.9 Å². The Morgan fingerprint density at radius 3 is 1.93 bits per heavy atom. The molecule has 1 rings (SSSR count). The van der Waals surface area contributed by atoms with Gasteiger partial charge in [-0.3, -0.25) is 0 Å². The molecule has 2 nitrogen and oxygen atoms in total. The number of hydrogen-bond donors (Lipinski definition) is 2. The number of aliphatic hydroxyl groups excluding tert-OH is 1. The molecule has 0 radical (unpaired) electrons. The first-order chi connectivity index (χ1) is 5.85. The average Bonchev–Trinajstić information content (AvgIpc) is 1.78. The standard InChI is InChI=1S/C11H23NO.ClH/c1-10(2)7-9(5-6-13)8-11(3,4)12-10;/h9,12-13H,5-8H2,1-4H3;1H. The zero-order valence-corrected chi connectivity index (χ0v) is 10.6. The number of halogens is 1. The van der Waals surface area contributed by atoms with Gasteiger partial charge in [0, 0.05) is 17.7 Å². The van der Waals surface area contributed by atoms with Crippen LogP contribution in [0.15, 0.2) is 0 Å². The molecule has 0 bridgehead atoms. The first kappa shape index (κ1) is 14.2. The van der Waals surface area contributed by atoms with E-state index >= 15 is 0 Å². The molecule has 2 N–H and O–H groups in total. The Bertz CT molecular complexity index is 164. The van der Waals surface area contributed by atoms with E-state index in [9.17, 15) is 0 Å². The Labute approximate surface area is 93.9 Å². The van der Waals surface area contributed by atoms with Crippen molar-refractivity contribution in [1.82, 2.24) is 5.32 Å². The molecule has 86 valence electrons. The topological polar surface area (TPSA) is 32.3 Å². The van der Waals surface area contributed by atoms with Gasteiger partial charge in [0.15, 0.2) is 0 Å². The molecular weight excluding hydrogens is 198 g/mol. The van der Waals surface area contributed by atoms with Crippen LogP contribution in [0.2, 0.25) is 0 Å². The van der Waals surface area contributed by atoms with E-state index in [0.717, 1.165) is 6.42 Å². The Hall–Kier alpha value is 0.210. The fraction of sp³-hybridized carbons (Fsp3) is 1.00. The summed E-state index contributed by atoms with van der Waals surface area (Å²) in [5.41, 5.74) is 0.448. The van der Waals surface area contributed by atoms with Gasteiger partial charge in [-0.15, -0.1) is 12.4 Å². The largest absolute Gasteiger partial charge is 0.396 e. The van der Waals surface area contributed by atoms with Crippen LogP contribution in [-0.4, -0.2) is 22.8 Å². The molecular formula is C11H24ClNO. The normalized spacial score (nSPS) is 25.5. The molecule has 14 heavy (non-hydrogen) atoms. The van der Waals surface area contributed by atoms with Crippen molar-refractivity contribution in [1.29, 1.82) is 0 Å². The molecule has 0 atom stereocenters. The summed E-state index contributed by atoms with van der Waals surface area (Å²) in [6.07, 6.45) is 3.31. The third-order valence-corrected chi connectivity index (χ3v) is 2.81. The van der Waals surface area contributed by atoms with Crippen molar-refractivity contribution in [2.45, 2.75) is 58.0 Å². The molecule has 3 heteroatoms. The van der Waals surface area contributed by atoms with Gasteiger partial charge in [-0.2, -0.15) is 0 Å². The average molecular weight is 222 g/mol. The lowest BCUT2D eigenvalue weighted by molar-refractivity contribution is 0.109. The molecule has 0 aliphatic carbocycles. The number of rotatable bonds is 2. The second-order valence-electron chi connectivity index (χ2n) is 5.68. The summed E-state index contributed by atoms with van der Waals surface area (Å²) in [6.45, 7) is 9.32. The summed E-state index contributed by atoms with van der Waals surface area (Å²) in [7, 11) is 0. The summed E-state index contributed by atoms with van der Waals surface area (Å²) < 4.78 is 0. The molecule has 0 spiro atoms. The van der Waals surface area contributed by atoms with E-state index < -0.39 is 0 Å². The van der Waals surface area contributed by atoms with Gasteiger partial charge < -0.3 is 10.4 Å². The predicted molar refractivity (Wildman–Crippen MR) is 63.0 cm³/mol. The van der Waals surface area contributed by atoms with Crippen LogP contribution in [0.3, 0.4) is 0 Å². The van der Waals surface area contributed by atoms with E-state index in [1.54, 1.807) is 0 Å². The minimum absolute atomic E-state index is 0. The zero-order valence-electron chi connectivity index (χ0n) is 9.76. The highest BCUT2D eigenvalue weighted by molar-refractivity contribution is 5.85. The molecule has 0 unspecified atom stereocenters. The van der Waals surface area contributed by atoms with Gasteiger partial charge in [-0.25, -0.2) is 0 Å². The highest BCUT2D eigenvalue weighted by atomic mass is 35.5. The molecule has 1 aliphatic heterocycles. The maximum atomic E-state index is 8.94. The minimum atomic E-state index is 0. The van der Waals surface area contributed by atoms with Crippen LogP contribution in [0.25, 0.3) is 0 Å². The van der Waals surface area contributed by atoms with E-state index in [1.165, 1.54) is 12.8 Å². The van der Waals surface area contributed by atoms with Crippen LogP contribution in [0.5, 0.6) is 0 Å². The molecule has 0 aromatic heterocycles. The molecule has 0 saturated carbocycles. The van der Waals surface area contributed by atoms with Crippen molar-refractivity contribution < 1.29 is 5.11 Å². The number of piperidine rings is 1. The molecule has 1 aliphatic rings. The van der Waals surface area contributed by atoms with Crippen LogP contribution in [-0.2, 0) is 0 Å². The summed E-state index contributed by atoms with van der Waals surface area (Å²) in [4.78, 5) is 0. The Morgan fingerprint density at radius 2 is 1.57 bits per heavy atom. The number of hydrogen-bond acceptors (Lipinski definition) is 2. The van der Waals surface area contributed by atoms with Gasteiger partial charge >= 0.3 is 0 Å². The summed E-state index contributed by atoms with van der Waals surface area (Å²) in [6, 6.07) is 0. The maximum absolute atomic E-state index is 8.94. The lowest BCUT2D eigenvalue weighted by atomic mass is 9.75. The Morgan fingerprint density at radius 1 is 1.14 bits per heavy atom. The first-order valence-electron chi connectivity index (χ1n) is 5.25. The Balaban J connectivity index is 0.00000169. The zero-order chi connectivity index (χ0) is 10.1. The van der Waals surface area contributed by atoms with E-state index in [2.05, 4.69) is 33.0 Å². The molecule has 1 fully saturated rings. The van der Waals surface area contributed by atoms with Crippen LogP contribution in [0, 0.1) is 5.92 Å². The summed E-state index contributed by atoms with van der Waals surface area (Å²) in [5.74, 6) is 0.677. The molecule has 0 aromatic carbocycles. The van der Waals surface area contributed by atoms with E-state index in [0.29, 0.717) is 12.5 Å². The van der Waals surface area contributed by atoms with Crippen molar-refractivity contribution in [3.63, 3.8) is 0 Å². The minimum Gasteiger partial charge on any atom is -0.396 e. The highest BCUT2D eigenvalue weighted by Crippen LogP contribution is 2.34. The van der Waals surface area contributed by atoms with Crippen molar-refractivity contribution in [2.24, 2.45) is 5.92 Å². The highest BCUT2D eigenvalue weighted by Gasteiger charge is 2.36. The lowest BCUT2D eigenvalue weighted by Crippen LogP contribution is -2.57. The summed E-state index contributed by atoms with van der Waals surface area (Å²) >= 11 is 0.